The Morgan fingerprint density at radius 3 is 2.93 bits per heavy atom. The summed E-state index contributed by atoms with van der Waals surface area (Å²) < 4.78 is 14.8. The van der Waals surface area contributed by atoms with Crippen LogP contribution in [0.2, 0.25) is 0 Å². The normalized spacial score (nSPS) is 28.5. The van der Waals surface area contributed by atoms with Gasteiger partial charge in [-0.2, -0.15) is 0 Å². The van der Waals surface area contributed by atoms with Gasteiger partial charge in [0, 0.05) is 4.57 Å². The smallest absolute Gasteiger partial charge is 0.480 e. The molecule has 0 spiro atoms. The number of aliphatic carboxylic acids is 1. The summed E-state index contributed by atoms with van der Waals surface area (Å²) in [5.74, 6) is -0.841. The van der Waals surface area contributed by atoms with Crippen molar-refractivity contribution in [2.75, 3.05) is 13.2 Å². The topological polar surface area (TPSA) is 95.9 Å². The minimum atomic E-state index is -2.57. The molecule has 0 aromatic heterocycles. The number of carboxylic acids is 1. The van der Waals surface area contributed by atoms with Gasteiger partial charge in [0.1, 0.15) is 12.6 Å². The summed E-state index contributed by atoms with van der Waals surface area (Å²) in [6, 6.07) is -0.561. The number of carboxylic acid groups (broad SMARTS) is 1. The second-order valence-electron chi connectivity index (χ2n) is 3.27. The van der Waals surface area contributed by atoms with Gasteiger partial charge in [0.2, 0.25) is 0 Å². The van der Waals surface area contributed by atoms with E-state index in [1.165, 1.54) is 0 Å². The predicted octanol–water partition coefficient (Wildman–Crippen LogP) is 0.105. The molecule has 14 heavy (non-hydrogen) atoms. The van der Waals surface area contributed by atoms with E-state index in [1.807, 2.05) is 0 Å². The predicted molar refractivity (Wildman–Crippen MR) is 47.9 cm³/mol. The lowest BCUT2D eigenvalue weighted by Crippen LogP contribution is -2.44. The van der Waals surface area contributed by atoms with Crippen LogP contribution in [0, 0.1) is 5.92 Å². The van der Waals surface area contributed by atoms with Gasteiger partial charge in [-0.05, 0) is 25.3 Å². The van der Waals surface area contributed by atoms with Crippen molar-refractivity contribution in [1.29, 1.82) is 0 Å². The molecule has 7 heteroatoms. The first-order chi connectivity index (χ1) is 6.59. The average Bonchev–Trinajstić information content (AvgIpc) is 2.15. The van der Waals surface area contributed by atoms with Gasteiger partial charge in [-0.25, -0.2) is 0 Å². The summed E-state index contributed by atoms with van der Waals surface area (Å²) in [6.07, 6.45) is 1.21. The molecule has 0 aromatic rings. The lowest BCUT2D eigenvalue weighted by molar-refractivity contribution is -0.140. The molecule has 0 bridgehead atoms. The fourth-order valence-electron chi connectivity index (χ4n) is 1.50. The molecule has 6 nitrogen and oxygen atoms in total. The zero-order valence-corrected chi connectivity index (χ0v) is 8.44. The Morgan fingerprint density at radius 2 is 2.36 bits per heavy atom. The molecule has 80 valence electrons. The molecule has 3 N–H and O–H groups in total. The highest BCUT2D eigenvalue weighted by molar-refractivity contribution is 7.32. The maximum Gasteiger partial charge on any atom is 0.694 e. The molecule has 0 aromatic carbocycles. The van der Waals surface area contributed by atoms with Gasteiger partial charge < -0.3 is 10.4 Å². The number of rotatable bonds is 4. The van der Waals surface area contributed by atoms with E-state index in [4.69, 9.17) is 10.00 Å². The van der Waals surface area contributed by atoms with Gasteiger partial charge in [0.05, 0.1) is 0 Å². The monoisotopic (exact) mass is 222 g/mol. The molecule has 0 aliphatic carbocycles. The highest BCUT2D eigenvalue weighted by atomic mass is 31.1. The SMILES string of the molecule is O=C(O)[C@H]1C[C@@H](CO[P+](=O)O)CCN1. The van der Waals surface area contributed by atoms with Crippen LogP contribution in [0.15, 0.2) is 0 Å². The maximum atomic E-state index is 10.6. The third-order valence-electron chi connectivity index (χ3n) is 2.23. The van der Waals surface area contributed by atoms with E-state index >= 15 is 0 Å². The Hall–Kier alpha value is -0.550. The van der Waals surface area contributed by atoms with Crippen molar-refractivity contribution in [3.05, 3.63) is 0 Å². The van der Waals surface area contributed by atoms with Crippen molar-refractivity contribution >= 4 is 14.2 Å². The average molecular weight is 222 g/mol. The Morgan fingerprint density at radius 1 is 1.64 bits per heavy atom. The standard InChI is InChI=1S/C7H12NO5P/c9-7(10)6-3-5(1-2-8-6)4-13-14(11)12/h5-6,8H,1-4H2,(H-,9,10,11,12)/p+1/t5-,6+/m0/s1. The summed E-state index contributed by atoms with van der Waals surface area (Å²) in [6.45, 7) is 0.754. The maximum absolute atomic E-state index is 10.6. The lowest BCUT2D eigenvalue weighted by Gasteiger charge is -2.25. The number of hydrogen-bond donors (Lipinski definition) is 3. The van der Waals surface area contributed by atoms with Crippen molar-refractivity contribution in [2.45, 2.75) is 18.9 Å². The highest BCUT2D eigenvalue weighted by Gasteiger charge is 2.28. The van der Waals surface area contributed by atoms with Gasteiger partial charge in [0.15, 0.2) is 0 Å². The Labute approximate surface area is 82.2 Å². The first-order valence-corrected chi connectivity index (χ1v) is 5.48. The van der Waals surface area contributed by atoms with E-state index < -0.39 is 20.3 Å². The van der Waals surface area contributed by atoms with Crippen LogP contribution in [-0.2, 0) is 13.9 Å². The van der Waals surface area contributed by atoms with Gasteiger partial charge in [-0.1, -0.05) is 0 Å². The van der Waals surface area contributed by atoms with Crippen molar-refractivity contribution in [3.63, 3.8) is 0 Å². The fraction of sp³-hybridized carbons (Fsp3) is 0.857. The van der Waals surface area contributed by atoms with E-state index in [1.54, 1.807) is 0 Å². The first kappa shape index (κ1) is 11.5. The molecule has 1 fully saturated rings. The van der Waals surface area contributed by atoms with Crippen LogP contribution in [0.4, 0.5) is 0 Å². The minimum Gasteiger partial charge on any atom is -0.480 e. The number of hydrogen-bond acceptors (Lipinski definition) is 4. The third-order valence-corrected chi connectivity index (χ3v) is 2.60. The first-order valence-electron chi connectivity index (χ1n) is 4.35. The Kier molecular flexibility index (Phi) is 4.41. The largest absolute Gasteiger partial charge is 0.694 e. The van der Waals surface area contributed by atoms with E-state index in [0.29, 0.717) is 13.0 Å². The molecule has 1 aliphatic heterocycles. The van der Waals surface area contributed by atoms with E-state index in [-0.39, 0.29) is 12.5 Å². The van der Waals surface area contributed by atoms with E-state index in [9.17, 15) is 9.36 Å². The second-order valence-corrected chi connectivity index (χ2v) is 4.00. The van der Waals surface area contributed by atoms with Crippen LogP contribution in [0.3, 0.4) is 0 Å². The molecular weight excluding hydrogens is 209 g/mol. The molecule has 0 radical (unpaired) electrons. The Bertz CT molecular complexity index is 234. The summed E-state index contributed by atoms with van der Waals surface area (Å²) in [5.41, 5.74) is 0. The molecule has 1 unspecified atom stereocenters. The molecule has 1 heterocycles. The quantitative estimate of drug-likeness (QED) is 0.584. The van der Waals surface area contributed by atoms with Crippen LogP contribution < -0.4 is 5.32 Å². The molecular formula is C7H13NO5P+. The summed E-state index contributed by atoms with van der Waals surface area (Å²) >= 11 is 0. The van der Waals surface area contributed by atoms with Crippen LogP contribution >= 0.6 is 8.25 Å². The van der Waals surface area contributed by atoms with Crippen LogP contribution in [-0.4, -0.2) is 35.2 Å². The molecule has 1 aliphatic rings. The highest BCUT2D eigenvalue weighted by Crippen LogP contribution is 2.22. The van der Waals surface area contributed by atoms with Crippen LogP contribution in [0.25, 0.3) is 0 Å². The fourth-order valence-corrected chi connectivity index (χ4v) is 1.84. The summed E-state index contributed by atoms with van der Waals surface area (Å²) in [4.78, 5) is 19.0. The van der Waals surface area contributed by atoms with E-state index in [2.05, 4.69) is 9.84 Å². The minimum absolute atomic E-state index is 0.0449. The lowest BCUT2D eigenvalue weighted by atomic mass is 9.93. The zero-order valence-electron chi connectivity index (χ0n) is 7.55. The second kappa shape index (κ2) is 5.36. The van der Waals surface area contributed by atoms with Gasteiger partial charge >= 0.3 is 14.2 Å². The Balaban J connectivity index is 2.32. The zero-order chi connectivity index (χ0) is 10.6. The molecule has 1 rings (SSSR count). The molecule has 1 saturated heterocycles. The van der Waals surface area contributed by atoms with Crippen molar-refractivity contribution in [2.24, 2.45) is 5.92 Å². The molecule has 3 atom stereocenters. The van der Waals surface area contributed by atoms with E-state index in [0.717, 1.165) is 6.42 Å². The van der Waals surface area contributed by atoms with Crippen LogP contribution in [0.1, 0.15) is 12.8 Å². The van der Waals surface area contributed by atoms with Gasteiger partial charge in [-0.3, -0.25) is 4.79 Å². The number of carbonyl (C=O) groups is 1. The number of nitrogens with one attached hydrogen (secondary N) is 1. The molecule has 0 amide bonds. The van der Waals surface area contributed by atoms with Crippen molar-refractivity contribution < 1.29 is 23.9 Å². The summed E-state index contributed by atoms with van der Waals surface area (Å²) in [7, 11) is -2.57. The summed E-state index contributed by atoms with van der Waals surface area (Å²) in [5, 5.41) is 11.6. The van der Waals surface area contributed by atoms with Crippen LogP contribution in [0.5, 0.6) is 0 Å². The van der Waals surface area contributed by atoms with Gasteiger partial charge in [0.25, 0.3) is 0 Å². The third kappa shape index (κ3) is 3.67. The molecule has 0 saturated carbocycles. The number of piperidine rings is 1. The van der Waals surface area contributed by atoms with Crippen molar-refractivity contribution in [3.8, 4) is 0 Å². The van der Waals surface area contributed by atoms with Gasteiger partial charge in [-0.15, -0.1) is 9.42 Å². The van der Waals surface area contributed by atoms with Crippen molar-refractivity contribution in [1.82, 2.24) is 5.32 Å².